The number of phenols is 1. The first-order valence-electron chi connectivity index (χ1n) is 20.8. The molecule has 14 heteroatoms. The van der Waals surface area contributed by atoms with Gasteiger partial charge in [-0.2, -0.15) is 0 Å². The SMILES string of the molecule is CN(C(=O)c1cc(N2CC3CCC(C2)C3CN2C[C@@H]3C(CN4CCN5c6cc(-c7ccccc7O)nnc6NC[C@H]5C4)[C@@H]3C2)ccc1C=O)C1CCC(=O)NC1=O. The van der Waals surface area contributed by atoms with Crippen LogP contribution in [0, 0.1) is 35.5 Å². The van der Waals surface area contributed by atoms with Crippen LogP contribution in [0.2, 0.25) is 0 Å². The highest BCUT2D eigenvalue weighted by Gasteiger charge is 2.57. The van der Waals surface area contributed by atoms with Crippen molar-refractivity contribution in [3.05, 3.63) is 59.7 Å². The van der Waals surface area contributed by atoms with E-state index >= 15 is 0 Å². The molecule has 3 N–H and O–H groups in total. The minimum atomic E-state index is -0.746. The molecule has 7 aliphatic rings. The van der Waals surface area contributed by atoms with Crippen molar-refractivity contribution in [2.24, 2.45) is 35.5 Å². The molecule has 2 aromatic carbocycles. The standard InChI is InChI=1S/C43H51N9O5/c1-48(37-10-11-40(55)45-42(37)56)43(57)31-14-28(9-8-27(31)24-53)51-17-25-6-7-26(18-51)32(25)20-50-22-34-33(35(34)23-50)21-49-12-13-52-29(19-49)16-44-41-38(52)15-36(46-47-41)30-4-2-3-5-39(30)54/h2-5,8-9,14-15,24-26,29,32-35,37,54H,6-7,10-13,16-23H2,1H3,(H,44,47)(H,45,55,56)/t25?,26?,29-,32?,33?,34-,35+,37?/m0/s1. The molecule has 14 nitrogen and oxygen atoms in total. The first-order valence-corrected chi connectivity index (χ1v) is 20.8. The van der Waals surface area contributed by atoms with Gasteiger partial charge in [0.1, 0.15) is 11.8 Å². The Kier molecular flexibility index (Phi) is 9.15. The number of nitrogens with one attached hydrogen (secondary N) is 2. The van der Waals surface area contributed by atoms with Crippen molar-refractivity contribution in [1.29, 1.82) is 0 Å². The van der Waals surface area contributed by atoms with Crippen LogP contribution in [0.15, 0.2) is 48.5 Å². The van der Waals surface area contributed by atoms with Crippen LogP contribution in [-0.2, 0) is 9.59 Å². The molecule has 10 rings (SSSR count). The summed E-state index contributed by atoms with van der Waals surface area (Å²) in [5, 5.41) is 25.2. The topological polar surface area (TPSA) is 155 Å². The van der Waals surface area contributed by atoms with Gasteiger partial charge in [0.2, 0.25) is 11.8 Å². The maximum absolute atomic E-state index is 13.7. The predicted molar refractivity (Wildman–Crippen MR) is 214 cm³/mol. The van der Waals surface area contributed by atoms with Crippen LogP contribution in [-0.4, -0.2) is 139 Å². The van der Waals surface area contributed by atoms with Gasteiger partial charge in [-0.3, -0.25) is 29.4 Å². The van der Waals surface area contributed by atoms with E-state index in [4.69, 9.17) is 0 Å². The molecule has 4 unspecified atom stereocenters. The van der Waals surface area contributed by atoms with Gasteiger partial charge in [-0.25, -0.2) is 0 Å². The summed E-state index contributed by atoms with van der Waals surface area (Å²) in [4.78, 5) is 61.5. The number of likely N-dealkylation sites (N-methyl/N-ethyl adjacent to an activating group) is 1. The molecule has 298 valence electrons. The van der Waals surface area contributed by atoms with Crippen LogP contribution in [0.5, 0.6) is 5.75 Å². The monoisotopic (exact) mass is 773 g/mol. The van der Waals surface area contributed by atoms with Gasteiger partial charge in [-0.15, -0.1) is 10.2 Å². The van der Waals surface area contributed by atoms with Crippen molar-refractivity contribution in [3.8, 4) is 17.0 Å². The summed E-state index contributed by atoms with van der Waals surface area (Å²) in [5.74, 6) is 4.10. The number of fused-ring (bicyclic) bond motifs is 6. The predicted octanol–water partition coefficient (Wildman–Crippen LogP) is 2.80. The zero-order valence-electron chi connectivity index (χ0n) is 32.4. The van der Waals surface area contributed by atoms with Crippen molar-refractivity contribution in [2.45, 2.75) is 37.8 Å². The van der Waals surface area contributed by atoms with Gasteiger partial charge < -0.3 is 30.0 Å². The molecule has 0 radical (unpaired) electrons. The molecule has 6 heterocycles. The van der Waals surface area contributed by atoms with E-state index in [1.165, 1.54) is 43.9 Å². The summed E-state index contributed by atoms with van der Waals surface area (Å²) in [5.41, 5.74) is 4.01. The lowest BCUT2D eigenvalue weighted by molar-refractivity contribution is -0.136. The van der Waals surface area contributed by atoms with Crippen molar-refractivity contribution in [1.82, 2.24) is 30.2 Å². The summed E-state index contributed by atoms with van der Waals surface area (Å²) >= 11 is 0. The molecular weight excluding hydrogens is 723 g/mol. The van der Waals surface area contributed by atoms with Crippen LogP contribution < -0.4 is 20.4 Å². The Morgan fingerprint density at radius 2 is 1.68 bits per heavy atom. The van der Waals surface area contributed by atoms with E-state index in [0.717, 1.165) is 74.2 Å². The van der Waals surface area contributed by atoms with E-state index in [9.17, 15) is 24.3 Å². The summed E-state index contributed by atoms with van der Waals surface area (Å²) in [6.45, 7) is 10.5. The fraction of sp³-hybridized carbons (Fsp3) is 0.535. The number of amides is 3. The molecule has 2 saturated carbocycles. The first kappa shape index (κ1) is 36.3. The minimum Gasteiger partial charge on any atom is -0.507 e. The van der Waals surface area contributed by atoms with Gasteiger partial charge in [-0.05, 0) is 91.2 Å². The van der Waals surface area contributed by atoms with Crippen molar-refractivity contribution < 1.29 is 24.3 Å². The van der Waals surface area contributed by atoms with Gasteiger partial charge in [0.05, 0.1) is 23.0 Å². The van der Waals surface area contributed by atoms with Crippen LogP contribution in [0.4, 0.5) is 17.2 Å². The Morgan fingerprint density at radius 1 is 0.912 bits per heavy atom. The molecule has 6 fully saturated rings. The number of rotatable bonds is 9. The number of hydrogen-bond donors (Lipinski definition) is 3. The van der Waals surface area contributed by atoms with Crippen molar-refractivity contribution in [3.63, 3.8) is 0 Å². The summed E-state index contributed by atoms with van der Waals surface area (Å²) in [6.07, 6.45) is 3.60. The smallest absolute Gasteiger partial charge is 0.255 e. The van der Waals surface area contributed by atoms with Gasteiger partial charge in [-0.1, -0.05) is 12.1 Å². The number of nitrogens with zero attached hydrogens (tertiary/aromatic N) is 7. The second-order valence-electron chi connectivity index (χ2n) is 17.6. The number of likely N-dealkylation sites (tertiary alicyclic amines) is 1. The molecule has 2 bridgehead atoms. The largest absolute Gasteiger partial charge is 0.507 e. The Balaban J connectivity index is 0.720. The Bertz CT molecular complexity index is 2090. The molecule has 3 amide bonds. The van der Waals surface area contributed by atoms with Gasteiger partial charge in [0, 0.05) is 95.7 Å². The average Bonchev–Trinajstić information content (AvgIpc) is 3.53. The molecule has 2 aliphatic carbocycles. The van der Waals surface area contributed by atoms with Crippen LogP contribution in [0.25, 0.3) is 11.3 Å². The molecule has 57 heavy (non-hydrogen) atoms. The summed E-state index contributed by atoms with van der Waals surface area (Å²) < 4.78 is 0. The summed E-state index contributed by atoms with van der Waals surface area (Å²) in [7, 11) is 1.57. The zero-order chi connectivity index (χ0) is 38.9. The fourth-order valence-electron chi connectivity index (χ4n) is 11.3. The number of piperidine rings is 3. The highest BCUT2D eigenvalue weighted by molar-refractivity contribution is 6.06. The lowest BCUT2D eigenvalue weighted by Gasteiger charge is -2.46. The molecule has 7 atom stereocenters. The van der Waals surface area contributed by atoms with E-state index < -0.39 is 11.9 Å². The van der Waals surface area contributed by atoms with E-state index in [-0.39, 0.29) is 30.4 Å². The molecule has 4 saturated heterocycles. The number of hydrogen-bond acceptors (Lipinski definition) is 12. The number of aromatic nitrogens is 2. The zero-order valence-corrected chi connectivity index (χ0v) is 32.4. The molecule has 1 aromatic heterocycles. The molecular formula is C43H51N9O5. The number of carbonyl (C=O) groups is 4. The molecule has 5 aliphatic heterocycles. The Morgan fingerprint density at radius 3 is 2.44 bits per heavy atom. The van der Waals surface area contributed by atoms with Gasteiger partial charge in [0.25, 0.3) is 5.91 Å². The normalized spacial score (nSPS) is 30.5. The second-order valence-corrected chi connectivity index (χ2v) is 17.6. The highest BCUT2D eigenvalue weighted by atomic mass is 16.3. The quantitative estimate of drug-likeness (QED) is 0.217. The van der Waals surface area contributed by atoms with E-state index in [1.807, 2.05) is 30.3 Å². The average molecular weight is 774 g/mol. The third kappa shape index (κ3) is 6.60. The first-order chi connectivity index (χ1) is 27.7. The minimum absolute atomic E-state index is 0.181. The van der Waals surface area contributed by atoms with Gasteiger partial charge in [0.15, 0.2) is 12.1 Å². The second kappa shape index (κ2) is 14.4. The third-order valence-corrected chi connectivity index (χ3v) is 14.5. The van der Waals surface area contributed by atoms with E-state index in [2.05, 4.69) is 46.5 Å². The number of imide groups is 1. The van der Waals surface area contributed by atoms with Crippen molar-refractivity contribution >= 4 is 41.2 Å². The van der Waals surface area contributed by atoms with Gasteiger partial charge >= 0.3 is 0 Å². The number of carbonyl (C=O) groups excluding carboxylic acids is 4. The number of aromatic hydroxyl groups is 1. The lowest BCUT2D eigenvalue weighted by atomic mass is 9.84. The summed E-state index contributed by atoms with van der Waals surface area (Å²) in [6, 6.07) is 14.5. The van der Waals surface area contributed by atoms with E-state index in [0.29, 0.717) is 52.5 Å². The number of para-hydroxylation sites is 1. The molecule has 0 spiro atoms. The van der Waals surface area contributed by atoms with Crippen LogP contribution >= 0.6 is 0 Å². The maximum Gasteiger partial charge on any atom is 0.255 e. The van der Waals surface area contributed by atoms with Crippen LogP contribution in [0.1, 0.15) is 46.4 Å². The number of benzene rings is 2. The lowest BCUT2D eigenvalue weighted by Crippen LogP contribution is -2.58. The third-order valence-electron chi connectivity index (χ3n) is 14.5. The van der Waals surface area contributed by atoms with E-state index in [1.54, 1.807) is 19.2 Å². The Hall–Kier alpha value is -5.08. The number of piperazine rings is 1. The molecule has 3 aromatic rings. The Labute approximate surface area is 332 Å². The fourth-order valence-corrected chi connectivity index (χ4v) is 11.3. The number of phenolic OH excluding ortho intramolecular Hbond substituents is 1. The van der Waals surface area contributed by atoms with Crippen molar-refractivity contribution in [2.75, 3.05) is 87.6 Å². The number of aldehydes is 1. The van der Waals surface area contributed by atoms with Crippen LogP contribution in [0.3, 0.4) is 0 Å². The number of anilines is 3. The maximum atomic E-state index is 13.7. The highest BCUT2D eigenvalue weighted by Crippen LogP contribution is 2.53.